The molecule has 1 aliphatic heterocycles. The second kappa shape index (κ2) is 8.04. The third-order valence-electron chi connectivity index (χ3n) is 4.31. The van der Waals surface area contributed by atoms with Crippen molar-refractivity contribution in [2.45, 2.75) is 37.8 Å². The normalized spacial score (nSPS) is 18.9. The van der Waals surface area contributed by atoms with E-state index < -0.39 is 19.0 Å². The molecule has 1 amide bonds. The van der Waals surface area contributed by atoms with Gasteiger partial charge in [0.2, 0.25) is 0 Å². The van der Waals surface area contributed by atoms with Crippen molar-refractivity contribution in [2.75, 3.05) is 13.7 Å². The smallest absolute Gasteiger partial charge is 0.330 e. The molecule has 3 rings (SSSR count). The number of carbonyl (C=O) groups is 1. The summed E-state index contributed by atoms with van der Waals surface area (Å²) in [5, 5.41) is 3.22. The molecule has 10 heteroatoms. The fourth-order valence-corrected chi connectivity index (χ4v) is 3.08. The molecule has 152 valence electrons. The maximum atomic E-state index is 13.0. The van der Waals surface area contributed by atoms with E-state index in [1.54, 1.807) is 29.2 Å². The first-order chi connectivity index (χ1) is 13.2. The van der Waals surface area contributed by atoms with Gasteiger partial charge < -0.3 is 14.8 Å². The van der Waals surface area contributed by atoms with E-state index in [0.717, 1.165) is 12.8 Å². The predicted molar refractivity (Wildman–Crippen MR) is 97.2 cm³/mol. The van der Waals surface area contributed by atoms with Gasteiger partial charge in [-0.05, 0) is 48.8 Å². The Labute approximate surface area is 164 Å². The number of carbonyl (C=O) groups excluding carboxylic acids is 1. The van der Waals surface area contributed by atoms with Crippen LogP contribution in [-0.2, 0) is 16.1 Å². The van der Waals surface area contributed by atoms with E-state index in [9.17, 15) is 22.4 Å². The van der Waals surface area contributed by atoms with Gasteiger partial charge in [-0.2, -0.15) is 8.78 Å². The van der Waals surface area contributed by atoms with Crippen molar-refractivity contribution >= 4 is 29.3 Å². The minimum atomic E-state index is -4.23. The van der Waals surface area contributed by atoms with E-state index in [4.69, 9.17) is 21.7 Å². The van der Waals surface area contributed by atoms with E-state index in [-0.39, 0.29) is 18.6 Å². The van der Waals surface area contributed by atoms with Gasteiger partial charge in [0.25, 0.3) is 5.91 Å². The third kappa shape index (κ3) is 4.44. The first-order valence-corrected chi connectivity index (χ1v) is 8.90. The fourth-order valence-electron chi connectivity index (χ4n) is 2.74. The summed E-state index contributed by atoms with van der Waals surface area (Å²) < 4.78 is 60.3. The number of amides is 1. The van der Waals surface area contributed by atoms with Crippen molar-refractivity contribution < 1.29 is 31.8 Å². The second-order valence-corrected chi connectivity index (χ2v) is 6.91. The maximum Gasteiger partial charge on any atom is 0.330 e. The number of thiocarbonyl (C=S) groups is 1. The molecule has 2 aliphatic rings. The Kier molecular flexibility index (Phi) is 5.90. The largest absolute Gasteiger partial charge is 0.496 e. The zero-order valence-corrected chi connectivity index (χ0v) is 15.7. The van der Waals surface area contributed by atoms with E-state index >= 15 is 0 Å². The van der Waals surface area contributed by atoms with Crippen molar-refractivity contribution in [1.82, 2.24) is 10.2 Å². The molecular formula is C18H18F4N2O3S. The van der Waals surface area contributed by atoms with Gasteiger partial charge in [-0.25, -0.2) is 8.78 Å². The van der Waals surface area contributed by atoms with Gasteiger partial charge in [-0.1, -0.05) is 6.07 Å². The first-order valence-electron chi connectivity index (χ1n) is 8.50. The molecule has 2 fully saturated rings. The summed E-state index contributed by atoms with van der Waals surface area (Å²) >= 11 is 5.19. The molecule has 0 radical (unpaired) electrons. The summed E-state index contributed by atoms with van der Waals surface area (Å²) in [4.78, 5) is 14.0. The van der Waals surface area contributed by atoms with Gasteiger partial charge in [0.15, 0.2) is 5.11 Å². The van der Waals surface area contributed by atoms with Crippen LogP contribution in [0.1, 0.15) is 24.0 Å². The van der Waals surface area contributed by atoms with Crippen LogP contribution in [0, 0.1) is 0 Å². The van der Waals surface area contributed by atoms with Crippen LogP contribution in [0.5, 0.6) is 5.75 Å². The van der Waals surface area contributed by atoms with Crippen LogP contribution >= 0.6 is 12.2 Å². The quantitative estimate of drug-likeness (QED) is 0.399. The summed E-state index contributed by atoms with van der Waals surface area (Å²) in [6.45, 7) is -1.76. The second-order valence-electron chi connectivity index (χ2n) is 6.52. The molecule has 28 heavy (non-hydrogen) atoms. The maximum absolute atomic E-state index is 13.0. The number of ether oxygens (including phenoxy) is 2. The highest BCUT2D eigenvalue weighted by Gasteiger charge is 2.42. The lowest BCUT2D eigenvalue weighted by molar-refractivity contribution is -0.168. The van der Waals surface area contributed by atoms with Crippen LogP contribution in [0.25, 0.3) is 6.08 Å². The molecule has 1 saturated carbocycles. The number of nitrogens with one attached hydrogen (secondary N) is 1. The third-order valence-corrected chi connectivity index (χ3v) is 4.61. The zero-order chi connectivity index (χ0) is 20.5. The minimum absolute atomic E-state index is 0.134. The molecule has 1 aromatic rings. The molecule has 0 aromatic heterocycles. The topological polar surface area (TPSA) is 50.8 Å². The Balaban J connectivity index is 1.74. The van der Waals surface area contributed by atoms with Gasteiger partial charge in [0, 0.05) is 11.6 Å². The standard InChI is InChI=1S/C18H18F4N2O3S/c1-26-14-5-2-10(6-11(14)8-27-9-18(21,22)16(19)20)7-13-15(25)24(12-3-4-12)17(28)23-13/h2,5-7,12,16H,3-4,8-9H2,1H3,(H,23,28)/b13-7+. The highest BCUT2D eigenvalue weighted by Crippen LogP contribution is 2.31. The molecule has 0 atom stereocenters. The highest BCUT2D eigenvalue weighted by molar-refractivity contribution is 7.80. The van der Waals surface area contributed by atoms with Crippen LogP contribution in [-0.4, -0.2) is 48.0 Å². The lowest BCUT2D eigenvalue weighted by Gasteiger charge is -2.16. The number of hydrogen-bond acceptors (Lipinski definition) is 4. The molecule has 1 N–H and O–H groups in total. The van der Waals surface area contributed by atoms with Crippen molar-refractivity contribution in [3.63, 3.8) is 0 Å². The molecule has 0 unspecified atom stereocenters. The number of hydrogen-bond donors (Lipinski definition) is 1. The Morgan fingerprint density at radius 3 is 2.71 bits per heavy atom. The fraction of sp³-hybridized carbons (Fsp3) is 0.444. The zero-order valence-electron chi connectivity index (χ0n) is 14.9. The average Bonchev–Trinajstić information content (AvgIpc) is 3.42. The van der Waals surface area contributed by atoms with E-state index in [2.05, 4.69) is 5.32 Å². The van der Waals surface area contributed by atoms with E-state index in [1.165, 1.54) is 7.11 Å². The van der Waals surface area contributed by atoms with Gasteiger partial charge in [0.1, 0.15) is 18.1 Å². The Hall–Kier alpha value is -2.20. The molecule has 0 spiro atoms. The minimum Gasteiger partial charge on any atom is -0.496 e. The summed E-state index contributed by atoms with van der Waals surface area (Å²) in [5.41, 5.74) is 1.27. The predicted octanol–water partition coefficient (Wildman–Crippen LogP) is 3.33. The molecule has 0 bridgehead atoms. The van der Waals surface area contributed by atoms with Gasteiger partial charge >= 0.3 is 12.3 Å². The lowest BCUT2D eigenvalue weighted by Crippen LogP contribution is -2.32. The summed E-state index contributed by atoms with van der Waals surface area (Å²) in [5.74, 6) is -4.10. The number of methoxy groups -OCH3 is 1. The van der Waals surface area contributed by atoms with Crippen LogP contribution in [0.2, 0.25) is 0 Å². The molecule has 1 heterocycles. The Bertz CT molecular complexity index is 812. The number of rotatable bonds is 8. The van der Waals surface area contributed by atoms with E-state index in [1.807, 2.05) is 0 Å². The number of halogens is 4. The highest BCUT2D eigenvalue weighted by atomic mass is 32.1. The Morgan fingerprint density at radius 2 is 2.11 bits per heavy atom. The molecule has 5 nitrogen and oxygen atoms in total. The summed E-state index contributed by atoms with van der Waals surface area (Å²) in [6.07, 6.45) is -0.404. The van der Waals surface area contributed by atoms with Crippen LogP contribution in [0.3, 0.4) is 0 Å². The lowest BCUT2D eigenvalue weighted by atomic mass is 10.1. The van der Waals surface area contributed by atoms with Gasteiger partial charge in [0.05, 0.1) is 13.7 Å². The summed E-state index contributed by atoms with van der Waals surface area (Å²) in [7, 11) is 1.39. The number of nitrogens with zero attached hydrogens (tertiary/aromatic N) is 1. The van der Waals surface area contributed by atoms with Crippen LogP contribution in [0.15, 0.2) is 23.9 Å². The number of benzene rings is 1. The molecule has 1 saturated heterocycles. The van der Waals surface area contributed by atoms with Crippen LogP contribution in [0.4, 0.5) is 17.6 Å². The van der Waals surface area contributed by atoms with Crippen molar-refractivity contribution in [3.05, 3.63) is 35.0 Å². The number of alkyl halides is 4. The average molecular weight is 418 g/mol. The van der Waals surface area contributed by atoms with Crippen LogP contribution < -0.4 is 10.1 Å². The molecular weight excluding hydrogens is 400 g/mol. The van der Waals surface area contributed by atoms with Gasteiger partial charge in [-0.3, -0.25) is 9.69 Å². The van der Waals surface area contributed by atoms with Crippen molar-refractivity contribution in [2.24, 2.45) is 0 Å². The molecule has 1 aromatic carbocycles. The van der Waals surface area contributed by atoms with Gasteiger partial charge in [-0.15, -0.1) is 0 Å². The Morgan fingerprint density at radius 1 is 1.39 bits per heavy atom. The summed E-state index contributed by atoms with van der Waals surface area (Å²) in [6, 6.07) is 4.95. The first kappa shape index (κ1) is 20.5. The van der Waals surface area contributed by atoms with Crippen molar-refractivity contribution in [3.8, 4) is 5.75 Å². The monoisotopic (exact) mass is 418 g/mol. The molecule has 1 aliphatic carbocycles. The van der Waals surface area contributed by atoms with E-state index in [0.29, 0.717) is 27.7 Å². The SMILES string of the molecule is COc1ccc(/C=C2/NC(=S)N(C3CC3)C2=O)cc1COCC(F)(F)C(F)F. The van der Waals surface area contributed by atoms with Crippen molar-refractivity contribution in [1.29, 1.82) is 0 Å².